The van der Waals surface area contributed by atoms with Crippen molar-refractivity contribution in [3.8, 4) is 6.07 Å². The predicted octanol–water partition coefficient (Wildman–Crippen LogP) is 2.32. The summed E-state index contributed by atoms with van der Waals surface area (Å²) in [6, 6.07) is 7.54. The Morgan fingerprint density at radius 3 is 2.77 bits per heavy atom. The van der Waals surface area contributed by atoms with E-state index in [0.29, 0.717) is 11.5 Å². The van der Waals surface area contributed by atoms with Gasteiger partial charge < -0.3 is 5.11 Å². The zero-order valence-electron chi connectivity index (χ0n) is 7.20. The van der Waals surface area contributed by atoms with Gasteiger partial charge in [-0.3, -0.25) is 0 Å². The van der Waals surface area contributed by atoms with Crippen LogP contribution in [0.2, 0.25) is 0 Å². The Kier molecular flexibility index (Phi) is 2.03. The zero-order valence-corrected chi connectivity index (χ0v) is 7.20. The number of rotatable bonds is 2. The van der Waals surface area contributed by atoms with E-state index >= 15 is 0 Å². The van der Waals surface area contributed by atoms with Crippen molar-refractivity contribution >= 4 is 0 Å². The SMILES string of the molecule is N#Cc1ccc(C2CC2)c([CH]O)c1. The fourth-order valence-corrected chi connectivity index (χ4v) is 1.52. The first-order valence-electron chi connectivity index (χ1n) is 4.36. The third kappa shape index (κ3) is 1.56. The third-order valence-corrected chi connectivity index (χ3v) is 2.37. The molecule has 0 unspecified atom stereocenters. The highest BCUT2D eigenvalue weighted by atomic mass is 16.3. The van der Waals surface area contributed by atoms with Gasteiger partial charge in [0.15, 0.2) is 0 Å². The molecule has 1 fully saturated rings. The molecule has 2 heteroatoms. The molecule has 0 atom stereocenters. The molecule has 65 valence electrons. The summed E-state index contributed by atoms with van der Waals surface area (Å²) in [5.74, 6) is 0.603. The van der Waals surface area contributed by atoms with Gasteiger partial charge in [-0.15, -0.1) is 0 Å². The quantitative estimate of drug-likeness (QED) is 0.743. The lowest BCUT2D eigenvalue weighted by atomic mass is 10.0. The summed E-state index contributed by atoms with van der Waals surface area (Å²) in [4.78, 5) is 0. The number of hydrogen-bond donors (Lipinski definition) is 1. The molecule has 0 aliphatic heterocycles. The van der Waals surface area contributed by atoms with E-state index in [1.165, 1.54) is 18.4 Å². The van der Waals surface area contributed by atoms with Gasteiger partial charge >= 0.3 is 0 Å². The molecule has 2 rings (SSSR count). The molecule has 1 saturated carbocycles. The monoisotopic (exact) mass is 172 g/mol. The fraction of sp³-hybridized carbons (Fsp3) is 0.273. The first kappa shape index (κ1) is 8.28. The second kappa shape index (κ2) is 3.20. The average Bonchev–Trinajstić information content (AvgIpc) is 3.00. The van der Waals surface area contributed by atoms with Gasteiger partial charge in [-0.2, -0.15) is 5.26 Å². The van der Waals surface area contributed by atoms with Gasteiger partial charge in [-0.05, 0) is 42.0 Å². The van der Waals surface area contributed by atoms with Crippen LogP contribution < -0.4 is 0 Å². The molecule has 1 aromatic rings. The standard InChI is InChI=1S/C11H10NO/c12-6-8-1-4-11(9-2-3-9)10(5-8)7-13/h1,4-5,7,9,13H,2-3H2. The Morgan fingerprint density at radius 1 is 1.46 bits per heavy atom. The number of nitrogens with zero attached hydrogens (tertiary/aromatic N) is 1. The topological polar surface area (TPSA) is 44.0 Å². The summed E-state index contributed by atoms with van der Waals surface area (Å²) in [6.45, 7) is 1.09. The Bertz CT molecular complexity index is 361. The van der Waals surface area contributed by atoms with Crippen molar-refractivity contribution in [1.82, 2.24) is 0 Å². The molecule has 1 radical (unpaired) electrons. The molecule has 0 heterocycles. The van der Waals surface area contributed by atoms with Gasteiger partial charge in [0.05, 0.1) is 11.6 Å². The number of aliphatic hydroxyl groups is 1. The summed E-state index contributed by atoms with van der Waals surface area (Å²) in [5.41, 5.74) is 2.56. The smallest absolute Gasteiger partial charge is 0.109 e. The highest BCUT2D eigenvalue weighted by Gasteiger charge is 2.25. The molecule has 1 aliphatic rings. The number of benzene rings is 1. The van der Waals surface area contributed by atoms with Gasteiger partial charge in [0.2, 0.25) is 0 Å². The van der Waals surface area contributed by atoms with Crippen LogP contribution >= 0.6 is 0 Å². The lowest BCUT2D eigenvalue weighted by molar-refractivity contribution is 0.413. The zero-order chi connectivity index (χ0) is 9.26. The van der Waals surface area contributed by atoms with Crippen LogP contribution in [0.1, 0.15) is 35.4 Å². The van der Waals surface area contributed by atoms with Crippen LogP contribution in [0.5, 0.6) is 0 Å². The third-order valence-electron chi connectivity index (χ3n) is 2.37. The van der Waals surface area contributed by atoms with E-state index in [2.05, 4.69) is 6.07 Å². The summed E-state index contributed by atoms with van der Waals surface area (Å²) >= 11 is 0. The Morgan fingerprint density at radius 2 is 2.23 bits per heavy atom. The summed E-state index contributed by atoms with van der Waals surface area (Å²) < 4.78 is 0. The van der Waals surface area contributed by atoms with E-state index in [9.17, 15) is 0 Å². The van der Waals surface area contributed by atoms with Crippen LogP contribution in [-0.2, 0) is 0 Å². The predicted molar refractivity (Wildman–Crippen MR) is 48.5 cm³/mol. The average molecular weight is 172 g/mol. The Labute approximate surface area is 77.4 Å². The molecule has 0 amide bonds. The minimum atomic E-state index is 0.602. The minimum absolute atomic E-state index is 0.602. The second-order valence-corrected chi connectivity index (χ2v) is 3.36. The lowest BCUT2D eigenvalue weighted by Crippen LogP contribution is -1.91. The highest BCUT2D eigenvalue weighted by molar-refractivity contribution is 5.43. The molecule has 0 bridgehead atoms. The maximum Gasteiger partial charge on any atom is 0.109 e. The molecular weight excluding hydrogens is 162 g/mol. The van der Waals surface area contributed by atoms with Crippen LogP contribution in [0.4, 0.5) is 0 Å². The largest absolute Gasteiger partial charge is 0.385 e. The maximum atomic E-state index is 8.98. The van der Waals surface area contributed by atoms with Crippen molar-refractivity contribution in [3.63, 3.8) is 0 Å². The van der Waals surface area contributed by atoms with Gasteiger partial charge in [-0.25, -0.2) is 0 Å². The van der Waals surface area contributed by atoms with Gasteiger partial charge in [0.1, 0.15) is 6.61 Å². The maximum absolute atomic E-state index is 8.98. The van der Waals surface area contributed by atoms with E-state index in [4.69, 9.17) is 10.4 Å². The first-order chi connectivity index (χ1) is 6.35. The van der Waals surface area contributed by atoms with E-state index in [0.717, 1.165) is 12.2 Å². The summed E-state index contributed by atoms with van der Waals surface area (Å²) in [5, 5.41) is 17.6. The molecule has 1 aromatic carbocycles. The van der Waals surface area contributed by atoms with Gasteiger partial charge in [0.25, 0.3) is 0 Å². The second-order valence-electron chi connectivity index (χ2n) is 3.36. The fourth-order valence-electron chi connectivity index (χ4n) is 1.52. The molecule has 0 saturated heterocycles. The van der Waals surface area contributed by atoms with Crippen molar-refractivity contribution in [2.24, 2.45) is 0 Å². The molecule has 1 N–H and O–H groups in total. The van der Waals surface area contributed by atoms with E-state index in [1.807, 2.05) is 6.07 Å². The molecule has 13 heavy (non-hydrogen) atoms. The van der Waals surface area contributed by atoms with Crippen molar-refractivity contribution in [2.45, 2.75) is 18.8 Å². The normalized spacial score (nSPS) is 15.4. The van der Waals surface area contributed by atoms with Crippen LogP contribution in [-0.4, -0.2) is 5.11 Å². The van der Waals surface area contributed by atoms with Crippen LogP contribution in [0.15, 0.2) is 18.2 Å². The number of hydrogen-bond acceptors (Lipinski definition) is 2. The van der Waals surface area contributed by atoms with E-state index < -0.39 is 0 Å². The van der Waals surface area contributed by atoms with Crippen molar-refractivity contribution in [3.05, 3.63) is 41.5 Å². The van der Waals surface area contributed by atoms with Crippen molar-refractivity contribution in [1.29, 1.82) is 5.26 Å². The summed E-state index contributed by atoms with van der Waals surface area (Å²) in [7, 11) is 0. The van der Waals surface area contributed by atoms with Crippen LogP contribution in [0, 0.1) is 17.9 Å². The number of nitriles is 1. The van der Waals surface area contributed by atoms with Crippen LogP contribution in [0.3, 0.4) is 0 Å². The van der Waals surface area contributed by atoms with E-state index in [-0.39, 0.29) is 0 Å². The molecule has 0 spiro atoms. The molecule has 0 aromatic heterocycles. The molecular formula is C11H10NO. The van der Waals surface area contributed by atoms with Crippen LogP contribution in [0.25, 0.3) is 0 Å². The van der Waals surface area contributed by atoms with Crippen molar-refractivity contribution in [2.75, 3.05) is 0 Å². The lowest BCUT2D eigenvalue weighted by Gasteiger charge is -2.04. The highest BCUT2D eigenvalue weighted by Crippen LogP contribution is 2.41. The number of aliphatic hydroxyl groups excluding tert-OH is 1. The molecule has 2 nitrogen and oxygen atoms in total. The first-order valence-corrected chi connectivity index (χ1v) is 4.36. The summed E-state index contributed by atoms with van der Waals surface area (Å²) in [6.07, 6.45) is 2.40. The minimum Gasteiger partial charge on any atom is -0.385 e. The van der Waals surface area contributed by atoms with Gasteiger partial charge in [-0.1, -0.05) is 6.07 Å². The van der Waals surface area contributed by atoms with E-state index in [1.54, 1.807) is 12.1 Å². The van der Waals surface area contributed by atoms with Gasteiger partial charge in [0, 0.05) is 0 Å². The molecule has 1 aliphatic carbocycles. The Hall–Kier alpha value is -1.33. The van der Waals surface area contributed by atoms with Crippen molar-refractivity contribution < 1.29 is 5.11 Å². The Balaban J connectivity index is 2.40.